The van der Waals surface area contributed by atoms with Crippen LogP contribution >= 0.6 is 0 Å². The van der Waals surface area contributed by atoms with Crippen molar-refractivity contribution in [3.05, 3.63) is 0 Å². The Morgan fingerprint density at radius 3 is 1.67 bits per heavy atom. The molecule has 0 spiro atoms. The SMILES string of the molecule is CC(C)CNCCC(C)N(CC(C)C)CC(C)C. The van der Waals surface area contributed by atoms with E-state index in [4.69, 9.17) is 0 Å². The highest BCUT2D eigenvalue weighted by Gasteiger charge is 2.15. The zero-order valence-electron chi connectivity index (χ0n) is 13.8. The van der Waals surface area contributed by atoms with Crippen molar-refractivity contribution < 1.29 is 0 Å². The molecular weight excluding hydrogens is 220 g/mol. The maximum Gasteiger partial charge on any atom is 0.00792 e. The Labute approximate surface area is 116 Å². The summed E-state index contributed by atoms with van der Waals surface area (Å²) in [4.78, 5) is 2.66. The summed E-state index contributed by atoms with van der Waals surface area (Å²) in [7, 11) is 0. The molecule has 110 valence electrons. The monoisotopic (exact) mass is 256 g/mol. The fraction of sp³-hybridized carbons (Fsp3) is 1.00. The second-order valence-electron chi connectivity index (χ2n) is 6.98. The van der Waals surface area contributed by atoms with Gasteiger partial charge in [0.2, 0.25) is 0 Å². The summed E-state index contributed by atoms with van der Waals surface area (Å²) in [6.45, 7) is 20.9. The van der Waals surface area contributed by atoms with Crippen LogP contribution in [0, 0.1) is 17.8 Å². The molecule has 0 aromatic carbocycles. The molecule has 18 heavy (non-hydrogen) atoms. The van der Waals surface area contributed by atoms with E-state index in [2.05, 4.69) is 58.7 Å². The van der Waals surface area contributed by atoms with Crippen molar-refractivity contribution in [2.45, 2.75) is 60.9 Å². The zero-order valence-corrected chi connectivity index (χ0v) is 13.8. The minimum Gasteiger partial charge on any atom is -0.316 e. The quantitative estimate of drug-likeness (QED) is 0.601. The molecule has 0 heterocycles. The Morgan fingerprint density at radius 1 is 0.778 bits per heavy atom. The standard InChI is InChI=1S/C16H36N2/c1-13(2)10-17-9-8-16(7)18(11-14(3)4)12-15(5)6/h13-17H,8-12H2,1-7H3. The van der Waals surface area contributed by atoms with Crippen molar-refractivity contribution >= 4 is 0 Å². The van der Waals surface area contributed by atoms with Crippen molar-refractivity contribution in [1.29, 1.82) is 0 Å². The predicted molar refractivity (Wildman–Crippen MR) is 83.0 cm³/mol. The lowest BCUT2D eigenvalue weighted by atomic mass is 10.1. The molecule has 0 bridgehead atoms. The van der Waals surface area contributed by atoms with Gasteiger partial charge in [0, 0.05) is 19.1 Å². The largest absolute Gasteiger partial charge is 0.316 e. The molecule has 0 aromatic heterocycles. The minimum atomic E-state index is 0.689. The van der Waals surface area contributed by atoms with Gasteiger partial charge in [0.15, 0.2) is 0 Å². The van der Waals surface area contributed by atoms with E-state index in [1.54, 1.807) is 0 Å². The van der Waals surface area contributed by atoms with Gasteiger partial charge in [-0.25, -0.2) is 0 Å². The first-order chi connectivity index (χ1) is 8.32. The highest BCUT2D eigenvalue weighted by atomic mass is 15.2. The smallest absolute Gasteiger partial charge is 0.00792 e. The summed E-state index contributed by atoms with van der Waals surface area (Å²) in [6, 6.07) is 0.689. The first-order valence-corrected chi connectivity index (χ1v) is 7.77. The van der Waals surface area contributed by atoms with Crippen LogP contribution in [0.25, 0.3) is 0 Å². The summed E-state index contributed by atoms with van der Waals surface area (Å²) in [5, 5.41) is 3.55. The van der Waals surface area contributed by atoms with Crippen LogP contribution in [0.4, 0.5) is 0 Å². The Bertz CT molecular complexity index is 178. The van der Waals surface area contributed by atoms with Gasteiger partial charge >= 0.3 is 0 Å². The van der Waals surface area contributed by atoms with Crippen molar-refractivity contribution in [2.75, 3.05) is 26.2 Å². The van der Waals surface area contributed by atoms with Gasteiger partial charge in [-0.3, -0.25) is 0 Å². The van der Waals surface area contributed by atoms with E-state index in [1.807, 2.05) is 0 Å². The molecule has 2 heteroatoms. The van der Waals surface area contributed by atoms with Crippen LogP contribution in [-0.4, -0.2) is 37.1 Å². The Balaban J connectivity index is 3.99. The van der Waals surface area contributed by atoms with E-state index in [-0.39, 0.29) is 0 Å². The molecule has 0 fully saturated rings. The van der Waals surface area contributed by atoms with Crippen LogP contribution in [0.3, 0.4) is 0 Å². The van der Waals surface area contributed by atoms with Gasteiger partial charge in [0.05, 0.1) is 0 Å². The molecule has 0 rings (SSSR count). The highest BCUT2D eigenvalue weighted by molar-refractivity contribution is 4.71. The first-order valence-electron chi connectivity index (χ1n) is 7.77. The van der Waals surface area contributed by atoms with Gasteiger partial charge < -0.3 is 10.2 Å². The summed E-state index contributed by atoms with van der Waals surface area (Å²) < 4.78 is 0. The minimum absolute atomic E-state index is 0.689. The second kappa shape index (κ2) is 9.80. The van der Waals surface area contributed by atoms with Crippen LogP contribution in [0.15, 0.2) is 0 Å². The lowest BCUT2D eigenvalue weighted by Crippen LogP contribution is -2.40. The molecule has 1 N–H and O–H groups in total. The number of hydrogen-bond donors (Lipinski definition) is 1. The lowest BCUT2D eigenvalue weighted by molar-refractivity contribution is 0.158. The number of nitrogens with one attached hydrogen (secondary N) is 1. The lowest BCUT2D eigenvalue weighted by Gasteiger charge is -2.32. The van der Waals surface area contributed by atoms with E-state index in [9.17, 15) is 0 Å². The highest BCUT2D eigenvalue weighted by Crippen LogP contribution is 2.10. The first kappa shape index (κ1) is 17.9. The number of hydrogen-bond acceptors (Lipinski definition) is 2. The molecule has 0 saturated carbocycles. The van der Waals surface area contributed by atoms with E-state index >= 15 is 0 Å². The average molecular weight is 256 g/mol. The molecule has 0 saturated heterocycles. The fourth-order valence-corrected chi connectivity index (χ4v) is 2.26. The molecule has 0 aliphatic carbocycles. The number of rotatable bonds is 10. The predicted octanol–water partition coefficient (Wildman–Crippen LogP) is 3.62. The maximum absolute atomic E-state index is 3.55. The Hall–Kier alpha value is -0.0800. The summed E-state index contributed by atoms with van der Waals surface area (Å²) in [5.74, 6) is 2.27. The normalized spacial score (nSPS) is 14.2. The molecule has 1 atom stereocenters. The van der Waals surface area contributed by atoms with E-state index < -0.39 is 0 Å². The van der Waals surface area contributed by atoms with E-state index in [0.717, 1.165) is 30.8 Å². The molecule has 0 aromatic rings. The molecule has 0 aliphatic heterocycles. The summed E-state index contributed by atoms with van der Waals surface area (Å²) in [6.07, 6.45) is 1.26. The Kier molecular flexibility index (Phi) is 9.76. The maximum atomic E-state index is 3.55. The van der Waals surface area contributed by atoms with Crippen LogP contribution in [-0.2, 0) is 0 Å². The summed E-state index contributed by atoms with van der Waals surface area (Å²) in [5.41, 5.74) is 0. The summed E-state index contributed by atoms with van der Waals surface area (Å²) >= 11 is 0. The fourth-order valence-electron chi connectivity index (χ4n) is 2.26. The zero-order chi connectivity index (χ0) is 14.1. The molecular formula is C16H36N2. The molecule has 2 nitrogen and oxygen atoms in total. The third-order valence-corrected chi connectivity index (χ3v) is 3.11. The van der Waals surface area contributed by atoms with Crippen LogP contribution in [0.2, 0.25) is 0 Å². The number of nitrogens with zero attached hydrogens (tertiary/aromatic N) is 1. The van der Waals surface area contributed by atoms with Gasteiger partial charge in [-0.05, 0) is 44.2 Å². The van der Waals surface area contributed by atoms with E-state index in [0.29, 0.717) is 6.04 Å². The van der Waals surface area contributed by atoms with Crippen LogP contribution in [0.1, 0.15) is 54.9 Å². The average Bonchev–Trinajstić information content (AvgIpc) is 2.21. The van der Waals surface area contributed by atoms with Crippen molar-refractivity contribution in [1.82, 2.24) is 10.2 Å². The van der Waals surface area contributed by atoms with Gasteiger partial charge in [-0.15, -0.1) is 0 Å². The third-order valence-electron chi connectivity index (χ3n) is 3.11. The molecule has 0 aliphatic rings. The van der Waals surface area contributed by atoms with Gasteiger partial charge in [-0.2, -0.15) is 0 Å². The molecule has 1 unspecified atom stereocenters. The van der Waals surface area contributed by atoms with Crippen molar-refractivity contribution in [3.63, 3.8) is 0 Å². The van der Waals surface area contributed by atoms with Crippen molar-refractivity contribution in [2.24, 2.45) is 17.8 Å². The third kappa shape index (κ3) is 9.90. The Morgan fingerprint density at radius 2 is 1.28 bits per heavy atom. The van der Waals surface area contributed by atoms with E-state index in [1.165, 1.54) is 19.5 Å². The van der Waals surface area contributed by atoms with Gasteiger partial charge in [0.1, 0.15) is 0 Å². The van der Waals surface area contributed by atoms with Crippen LogP contribution < -0.4 is 5.32 Å². The second-order valence-corrected chi connectivity index (χ2v) is 6.98. The van der Waals surface area contributed by atoms with Crippen molar-refractivity contribution in [3.8, 4) is 0 Å². The van der Waals surface area contributed by atoms with Crippen LogP contribution in [0.5, 0.6) is 0 Å². The van der Waals surface area contributed by atoms with Gasteiger partial charge in [0.25, 0.3) is 0 Å². The molecule has 0 radical (unpaired) electrons. The molecule has 0 amide bonds. The topological polar surface area (TPSA) is 15.3 Å². The van der Waals surface area contributed by atoms with Gasteiger partial charge in [-0.1, -0.05) is 41.5 Å².